The van der Waals surface area contributed by atoms with Crippen LogP contribution in [0.4, 0.5) is 0 Å². The van der Waals surface area contributed by atoms with Gasteiger partial charge in [0.25, 0.3) is 6.54 Å². The van der Waals surface area contributed by atoms with Crippen LogP contribution in [0.5, 0.6) is 0 Å². The van der Waals surface area contributed by atoms with Crippen LogP contribution in [0.15, 0.2) is 22.8 Å². The van der Waals surface area contributed by atoms with Crippen molar-refractivity contribution in [2.24, 2.45) is 0 Å². The molecule has 0 saturated heterocycles. The van der Waals surface area contributed by atoms with Crippen LogP contribution < -0.4 is 0 Å². The van der Waals surface area contributed by atoms with Gasteiger partial charge in [0.15, 0.2) is 5.76 Å². The molecule has 1 heterocycles. The number of hydrogen-bond acceptors (Lipinski definition) is 3. The number of furan rings is 1. The lowest BCUT2D eigenvalue weighted by Crippen LogP contribution is -1.95. The minimum atomic E-state index is -0.432. The molecule has 0 spiro atoms. The highest BCUT2D eigenvalue weighted by Gasteiger charge is 2.01. The first-order chi connectivity index (χ1) is 4.29. The summed E-state index contributed by atoms with van der Waals surface area (Å²) in [6.45, 7) is -0.229. The first-order valence-corrected chi connectivity index (χ1v) is 2.43. The summed E-state index contributed by atoms with van der Waals surface area (Å²) in [5.74, 6) is 0.389. The smallest absolute Gasteiger partial charge is 0.260 e. The Bertz CT molecular complexity index is 192. The Morgan fingerprint density at radius 1 is 1.78 bits per heavy atom. The van der Waals surface area contributed by atoms with Crippen molar-refractivity contribution in [1.29, 1.82) is 0 Å². The van der Waals surface area contributed by atoms with Crippen molar-refractivity contribution in [3.05, 3.63) is 34.3 Å². The molecule has 1 aromatic heterocycles. The van der Waals surface area contributed by atoms with E-state index in [0.29, 0.717) is 5.76 Å². The lowest BCUT2D eigenvalue weighted by Gasteiger charge is -1.84. The molecule has 0 saturated carbocycles. The van der Waals surface area contributed by atoms with Gasteiger partial charge in [-0.15, -0.1) is 0 Å². The molecule has 0 N–H and O–H groups in total. The van der Waals surface area contributed by atoms with Gasteiger partial charge in [-0.3, -0.25) is 10.1 Å². The fourth-order valence-corrected chi connectivity index (χ4v) is 0.530. The molecule has 0 fully saturated rings. The van der Waals surface area contributed by atoms with E-state index in [2.05, 4.69) is 0 Å². The highest BCUT2D eigenvalue weighted by molar-refractivity contribution is 4.95. The van der Waals surface area contributed by atoms with Gasteiger partial charge in [-0.05, 0) is 12.1 Å². The van der Waals surface area contributed by atoms with Gasteiger partial charge in [-0.2, -0.15) is 0 Å². The molecule has 0 aromatic carbocycles. The lowest BCUT2D eigenvalue weighted by atomic mass is 10.5. The predicted octanol–water partition coefficient (Wildman–Crippen LogP) is 1.06. The summed E-state index contributed by atoms with van der Waals surface area (Å²) in [5, 5.41) is 9.81. The second-order valence-corrected chi connectivity index (χ2v) is 1.57. The first kappa shape index (κ1) is 5.81. The van der Waals surface area contributed by atoms with Gasteiger partial charge < -0.3 is 4.42 Å². The van der Waals surface area contributed by atoms with Gasteiger partial charge in [0, 0.05) is 4.92 Å². The Kier molecular flexibility index (Phi) is 1.48. The molecule has 48 valence electrons. The predicted molar refractivity (Wildman–Crippen MR) is 29.4 cm³/mol. The summed E-state index contributed by atoms with van der Waals surface area (Å²) in [6.07, 6.45) is 1.42. The van der Waals surface area contributed by atoms with E-state index in [-0.39, 0.29) is 6.54 Å². The van der Waals surface area contributed by atoms with E-state index in [9.17, 15) is 10.1 Å². The third-order valence-electron chi connectivity index (χ3n) is 0.865. The number of rotatable bonds is 2. The monoisotopic (exact) mass is 127 g/mol. The topological polar surface area (TPSA) is 56.3 Å². The van der Waals surface area contributed by atoms with Gasteiger partial charge in [0.1, 0.15) is 0 Å². The molecule has 0 unspecified atom stereocenters. The average molecular weight is 127 g/mol. The van der Waals surface area contributed by atoms with Crippen molar-refractivity contribution >= 4 is 0 Å². The van der Waals surface area contributed by atoms with Crippen LogP contribution in [0.1, 0.15) is 5.76 Å². The van der Waals surface area contributed by atoms with E-state index in [4.69, 9.17) is 4.42 Å². The van der Waals surface area contributed by atoms with Crippen LogP contribution in [0.2, 0.25) is 0 Å². The fourth-order valence-electron chi connectivity index (χ4n) is 0.530. The minimum absolute atomic E-state index is 0.229. The molecule has 0 aliphatic heterocycles. The Balaban J connectivity index is 2.58. The Hall–Kier alpha value is -1.32. The van der Waals surface area contributed by atoms with E-state index in [1.165, 1.54) is 6.26 Å². The summed E-state index contributed by atoms with van der Waals surface area (Å²) < 4.78 is 4.70. The van der Waals surface area contributed by atoms with E-state index in [0.717, 1.165) is 0 Å². The van der Waals surface area contributed by atoms with Crippen molar-refractivity contribution in [2.75, 3.05) is 0 Å². The van der Waals surface area contributed by atoms with Crippen LogP contribution in [0, 0.1) is 10.1 Å². The molecule has 4 heteroatoms. The zero-order valence-electron chi connectivity index (χ0n) is 4.61. The summed E-state index contributed by atoms with van der Waals surface area (Å²) in [6, 6.07) is 3.20. The largest absolute Gasteiger partial charge is 0.462 e. The molecule has 0 amide bonds. The Labute approximate surface area is 51.2 Å². The molecule has 0 aliphatic rings. The number of nitro groups is 1. The molecule has 9 heavy (non-hydrogen) atoms. The standard InChI is InChI=1S/C5H5NO3/c7-6(8)4-5-2-1-3-9-5/h1-3H,4H2. The molecule has 4 nitrogen and oxygen atoms in total. The summed E-state index contributed by atoms with van der Waals surface area (Å²) >= 11 is 0. The maximum absolute atomic E-state index is 9.81. The van der Waals surface area contributed by atoms with Crippen LogP contribution in [-0.4, -0.2) is 4.92 Å². The molecular formula is C5H5NO3. The van der Waals surface area contributed by atoms with Crippen LogP contribution >= 0.6 is 0 Å². The second-order valence-electron chi connectivity index (χ2n) is 1.57. The Morgan fingerprint density at radius 2 is 2.56 bits per heavy atom. The first-order valence-electron chi connectivity index (χ1n) is 2.43. The van der Waals surface area contributed by atoms with Crippen LogP contribution in [0.25, 0.3) is 0 Å². The molecular weight excluding hydrogens is 122 g/mol. The van der Waals surface area contributed by atoms with Crippen molar-refractivity contribution < 1.29 is 9.34 Å². The molecule has 0 aliphatic carbocycles. The molecule has 0 bridgehead atoms. The van der Waals surface area contributed by atoms with E-state index in [1.807, 2.05) is 0 Å². The lowest BCUT2D eigenvalue weighted by molar-refractivity contribution is -0.499. The van der Waals surface area contributed by atoms with Gasteiger partial charge in [0.2, 0.25) is 0 Å². The number of hydrogen-bond donors (Lipinski definition) is 0. The molecule has 0 atom stereocenters. The van der Waals surface area contributed by atoms with Crippen molar-refractivity contribution in [3.8, 4) is 0 Å². The van der Waals surface area contributed by atoms with Crippen molar-refractivity contribution in [3.63, 3.8) is 0 Å². The second kappa shape index (κ2) is 2.30. The third kappa shape index (κ3) is 1.56. The molecule has 0 radical (unpaired) electrons. The quantitative estimate of drug-likeness (QED) is 0.440. The van der Waals surface area contributed by atoms with Gasteiger partial charge >= 0.3 is 0 Å². The third-order valence-corrected chi connectivity index (χ3v) is 0.865. The maximum Gasteiger partial charge on any atom is 0.260 e. The minimum Gasteiger partial charge on any atom is -0.462 e. The van der Waals surface area contributed by atoms with Gasteiger partial charge in [0.05, 0.1) is 6.26 Å². The maximum atomic E-state index is 9.81. The van der Waals surface area contributed by atoms with Crippen LogP contribution in [0.3, 0.4) is 0 Å². The average Bonchev–Trinajstić information content (AvgIpc) is 2.15. The zero-order chi connectivity index (χ0) is 6.69. The highest BCUT2D eigenvalue weighted by atomic mass is 16.6. The zero-order valence-corrected chi connectivity index (χ0v) is 4.61. The molecule has 1 rings (SSSR count). The summed E-state index contributed by atoms with van der Waals surface area (Å²) in [5.41, 5.74) is 0. The summed E-state index contributed by atoms with van der Waals surface area (Å²) in [4.78, 5) is 9.38. The summed E-state index contributed by atoms with van der Waals surface area (Å²) in [7, 11) is 0. The van der Waals surface area contributed by atoms with Gasteiger partial charge in [-0.25, -0.2) is 0 Å². The van der Waals surface area contributed by atoms with E-state index < -0.39 is 4.92 Å². The SMILES string of the molecule is O=[N+]([O-])Cc1ccco1. The normalized spacial score (nSPS) is 9.33. The number of nitrogens with zero attached hydrogens (tertiary/aromatic N) is 1. The fraction of sp³-hybridized carbons (Fsp3) is 0.200. The van der Waals surface area contributed by atoms with E-state index in [1.54, 1.807) is 12.1 Å². The highest BCUT2D eigenvalue weighted by Crippen LogP contribution is 1.99. The van der Waals surface area contributed by atoms with Crippen LogP contribution in [-0.2, 0) is 6.54 Å². The van der Waals surface area contributed by atoms with Gasteiger partial charge in [-0.1, -0.05) is 0 Å². The van der Waals surface area contributed by atoms with Crippen molar-refractivity contribution in [1.82, 2.24) is 0 Å². The molecule has 1 aromatic rings. The Morgan fingerprint density at radius 3 is 3.00 bits per heavy atom. The van der Waals surface area contributed by atoms with E-state index >= 15 is 0 Å². The van der Waals surface area contributed by atoms with Crippen molar-refractivity contribution in [2.45, 2.75) is 6.54 Å².